The highest BCUT2D eigenvalue weighted by Gasteiger charge is 2.53. The van der Waals surface area contributed by atoms with Crippen LogP contribution in [-0.2, 0) is 9.31 Å². The van der Waals surface area contributed by atoms with E-state index in [0.29, 0.717) is 11.2 Å². The van der Waals surface area contributed by atoms with Crippen molar-refractivity contribution in [1.82, 2.24) is 4.98 Å². The topological polar surface area (TPSA) is 71.8 Å². The number of aromatic nitrogens is 1. The number of nitrogens with zero attached hydrogens (tertiary/aromatic N) is 1. The average Bonchev–Trinajstić information content (AvgIpc) is 2.47. The largest absolute Gasteiger partial charge is 0.514 e. The Balaban J connectivity index is 2.39. The van der Waals surface area contributed by atoms with Gasteiger partial charge in [0.15, 0.2) is 0 Å². The molecule has 5 nitrogen and oxygen atoms in total. The quantitative estimate of drug-likeness (QED) is 0.784. The summed E-state index contributed by atoms with van der Waals surface area (Å²) in [6.07, 6.45) is 0.570. The molecule has 1 saturated heterocycles. The molecule has 0 spiro atoms. The third-order valence-corrected chi connectivity index (χ3v) is 3.86. The minimum Gasteiger partial charge on any atom is -0.506 e. The zero-order chi connectivity index (χ0) is 14.4. The summed E-state index contributed by atoms with van der Waals surface area (Å²) in [5, 5.41) is 19.3. The number of hydrogen-bond acceptors (Lipinski definition) is 5. The molecule has 0 bridgehead atoms. The Bertz CT molecular complexity index is 472. The molecule has 0 amide bonds. The normalized spacial score (nSPS) is 22.5. The molecule has 0 saturated carbocycles. The van der Waals surface area contributed by atoms with E-state index in [-0.39, 0.29) is 5.75 Å². The molecule has 1 fully saturated rings. The predicted octanol–water partition coefficient (Wildman–Crippen LogP) is 1.14. The first-order chi connectivity index (χ1) is 8.64. The van der Waals surface area contributed by atoms with Crippen LogP contribution in [0.4, 0.5) is 0 Å². The standard InChI is InChI=1S/C13H20BNO4/c1-8(16)10-6-9(17)7-15-11(10)14-18-12(2,3)13(4,5)19-14/h6-8,16-17H,1-5H3. The number of hydrogen-bond donors (Lipinski definition) is 2. The lowest BCUT2D eigenvalue weighted by atomic mass is 9.79. The van der Waals surface area contributed by atoms with Crippen LogP contribution < -0.4 is 5.59 Å². The van der Waals surface area contributed by atoms with Crippen molar-refractivity contribution in [3.63, 3.8) is 0 Å². The summed E-state index contributed by atoms with van der Waals surface area (Å²) in [6.45, 7) is 9.43. The van der Waals surface area contributed by atoms with E-state index in [4.69, 9.17) is 9.31 Å². The number of pyridine rings is 1. The Morgan fingerprint density at radius 1 is 1.21 bits per heavy atom. The highest BCUT2D eigenvalue weighted by molar-refractivity contribution is 6.61. The summed E-state index contributed by atoms with van der Waals surface area (Å²) in [6, 6.07) is 1.48. The van der Waals surface area contributed by atoms with Crippen molar-refractivity contribution >= 4 is 12.7 Å². The summed E-state index contributed by atoms with van der Waals surface area (Å²) in [4.78, 5) is 4.15. The van der Waals surface area contributed by atoms with E-state index in [2.05, 4.69) is 4.98 Å². The van der Waals surface area contributed by atoms with Crippen LogP contribution in [0.25, 0.3) is 0 Å². The van der Waals surface area contributed by atoms with Gasteiger partial charge in [0.05, 0.1) is 29.1 Å². The van der Waals surface area contributed by atoms with E-state index >= 15 is 0 Å². The zero-order valence-electron chi connectivity index (χ0n) is 12.0. The maximum atomic E-state index is 9.79. The van der Waals surface area contributed by atoms with Crippen LogP contribution in [0.3, 0.4) is 0 Å². The number of aromatic hydroxyl groups is 1. The Morgan fingerprint density at radius 2 is 1.74 bits per heavy atom. The van der Waals surface area contributed by atoms with Crippen molar-refractivity contribution in [2.75, 3.05) is 0 Å². The first kappa shape index (κ1) is 14.3. The van der Waals surface area contributed by atoms with E-state index in [0.717, 1.165) is 0 Å². The summed E-state index contributed by atoms with van der Waals surface area (Å²) >= 11 is 0. The van der Waals surface area contributed by atoms with Gasteiger partial charge in [-0.05, 0) is 40.7 Å². The Labute approximate surface area is 113 Å². The van der Waals surface area contributed by atoms with Crippen LogP contribution in [0.5, 0.6) is 5.75 Å². The molecular weight excluding hydrogens is 245 g/mol. The molecule has 1 unspecified atom stereocenters. The van der Waals surface area contributed by atoms with Gasteiger partial charge in [0.2, 0.25) is 0 Å². The molecule has 1 aliphatic rings. The number of aliphatic hydroxyl groups excluding tert-OH is 1. The number of aliphatic hydroxyl groups is 1. The van der Waals surface area contributed by atoms with E-state index in [1.54, 1.807) is 6.92 Å². The third kappa shape index (κ3) is 2.48. The highest BCUT2D eigenvalue weighted by atomic mass is 16.7. The van der Waals surface area contributed by atoms with Gasteiger partial charge in [-0.1, -0.05) is 0 Å². The molecule has 6 heteroatoms. The average molecular weight is 265 g/mol. The van der Waals surface area contributed by atoms with Crippen molar-refractivity contribution in [3.05, 3.63) is 17.8 Å². The minimum absolute atomic E-state index is 0.0103. The van der Waals surface area contributed by atoms with Crippen molar-refractivity contribution in [2.24, 2.45) is 0 Å². The molecule has 0 aliphatic carbocycles. The van der Waals surface area contributed by atoms with Gasteiger partial charge in [0, 0.05) is 5.56 Å². The van der Waals surface area contributed by atoms with Crippen LogP contribution in [-0.4, -0.2) is 33.5 Å². The Kier molecular flexibility index (Phi) is 3.37. The summed E-state index contributed by atoms with van der Waals surface area (Å²) in [5.74, 6) is 0.0103. The lowest BCUT2D eigenvalue weighted by molar-refractivity contribution is 0.00578. The van der Waals surface area contributed by atoms with Crippen molar-refractivity contribution in [3.8, 4) is 5.75 Å². The second kappa shape index (κ2) is 4.47. The van der Waals surface area contributed by atoms with E-state index in [9.17, 15) is 10.2 Å². The third-order valence-electron chi connectivity index (χ3n) is 3.86. The second-order valence-corrected chi connectivity index (χ2v) is 5.93. The van der Waals surface area contributed by atoms with Crippen molar-refractivity contribution < 1.29 is 19.5 Å². The summed E-state index contributed by atoms with van der Waals surface area (Å²) in [7, 11) is -0.643. The van der Waals surface area contributed by atoms with Gasteiger partial charge in [-0.2, -0.15) is 0 Å². The minimum atomic E-state index is -0.756. The molecule has 2 heterocycles. The lowest BCUT2D eigenvalue weighted by Gasteiger charge is -2.32. The molecule has 1 aromatic rings. The Morgan fingerprint density at radius 3 is 2.21 bits per heavy atom. The molecule has 1 aromatic heterocycles. The van der Waals surface area contributed by atoms with Gasteiger partial charge in [-0.25, -0.2) is 0 Å². The fourth-order valence-electron chi connectivity index (χ4n) is 1.97. The van der Waals surface area contributed by atoms with E-state index < -0.39 is 24.4 Å². The SMILES string of the molecule is CC(O)c1cc(O)cnc1B1OC(C)(C)C(C)(C)O1. The van der Waals surface area contributed by atoms with Crippen LogP contribution in [0, 0.1) is 0 Å². The molecule has 104 valence electrons. The fourth-order valence-corrected chi connectivity index (χ4v) is 1.97. The van der Waals surface area contributed by atoms with Crippen LogP contribution in [0.15, 0.2) is 12.3 Å². The van der Waals surface area contributed by atoms with Gasteiger partial charge in [-0.15, -0.1) is 0 Å². The van der Waals surface area contributed by atoms with Crippen LogP contribution in [0.1, 0.15) is 46.3 Å². The second-order valence-electron chi connectivity index (χ2n) is 5.93. The van der Waals surface area contributed by atoms with Gasteiger partial charge in [0.1, 0.15) is 5.75 Å². The molecule has 2 rings (SSSR count). The lowest BCUT2D eigenvalue weighted by Crippen LogP contribution is -2.41. The molecule has 0 aromatic carbocycles. The maximum Gasteiger partial charge on any atom is 0.514 e. The molecule has 1 aliphatic heterocycles. The Hall–Kier alpha value is -1.11. The monoisotopic (exact) mass is 265 g/mol. The first-order valence-electron chi connectivity index (χ1n) is 6.36. The number of rotatable bonds is 2. The molecule has 2 N–H and O–H groups in total. The summed E-state index contributed by atoms with van der Waals surface area (Å²) in [5.41, 5.74) is 0.0883. The van der Waals surface area contributed by atoms with Crippen LogP contribution in [0.2, 0.25) is 0 Å². The van der Waals surface area contributed by atoms with E-state index in [1.165, 1.54) is 12.3 Å². The van der Waals surface area contributed by atoms with Gasteiger partial charge < -0.3 is 19.5 Å². The first-order valence-corrected chi connectivity index (χ1v) is 6.36. The molecule has 0 radical (unpaired) electrons. The van der Waals surface area contributed by atoms with Gasteiger partial charge in [0.25, 0.3) is 0 Å². The predicted molar refractivity (Wildman–Crippen MR) is 72.3 cm³/mol. The highest BCUT2D eigenvalue weighted by Crippen LogP contribution is 2.36. The fraction of sp³-hybridized carbons (Fsp3) is 0.615. The summed E-state index contributed by atoms with van der Waals surface area (Å²) < 4.78 is 11.8. The van der Waals surface area contributed by atoms with Crippen molar-refractivity contribution in [2.45, 2.75) is 51.9 Å². The molecular formula is C13H20BNO4. The van der Waals surface area contributed by atoms with E-state index in [1.807, 2.05) is 27.7 Å². The van der Waals surface area contributed by atoms with Gasteiger partial charge >= 0.3 is 7.12 Å². The zero-order valence-corrected chi connectivity index (χ0v) is 12.0. The molecule has 1 atom stereocenters. The molecule has 19 heavy (non-hydrogen) atoms. The smallest absolute Gasteiger partial charge is 0.506 e. The maximum absolute atomic E-state index is 9.79. The van der Waals surface area contributed by atoms with Crippen LogP contribution >= 0.6 is 0 Å². The van der Waals surface area contributed by atoms with Crippen molar-refractivity contribution in [1.29, 1.82) is 0 Å². The van der Waals surface area contributed by atoms with Gasteiger partial charge in [-0.3, -0.25) is 4.98 Å².